The second kappa shape index (κ2) is 5.10. The first-order chi connectivity index (χ1) is 8.89. The third-order valence-corrected chi connectivity index (χ3v) is 3.49. The Kier molecular flexibility index (Phi) is 3.68. The first-order valence-corrected chi connectivity index (χ1v) is 6.09. The van der Waals surface area contributed by atoms with Crippen molar-refractivity contribution in [3.8, 4) is 0 Å². The number of carbonyl (C=O) groups excluding carboxylic acids is 1. The Hall–Kier alpha value is -1.73. The largest absolute Gasteiger partial charge is 0.443 e. The lowest BCUT2D eigenvalue weighted by Crippen LogP contribution is -2.20. The van der Waals surface area contributed by atoms with Gasteiger partial charge in [0.25, 0.3) is 0 Å². The van der Waals surface area contributed by atoms with Crippen LogP contribution in [0.5, 0.6) is 0 Å². The van der Waals surface area contributed by atoms with Crippen LogP contribution < -0.4 is 5.73 Å². The van der Waals surface area contributed by atoms with Gasteiger partial charge >= 0.3 is 6.18 Å². The van der Waals surface area contributed by atoms with Gasteiger partial charge in [0.05, 0.1) is 10.9 Å². The highest BCUT2D eigenvalue weighted by molar-refractivity contribution is 7.13. The highest BCUT2D eigenvalue weighted by Crippen LogP contribution is 2.33. The Morgan fingerprint density at radius 3 is 2.42 bits per heavy atom. The second-order valence-electron chi connectivity index (χ2n) is 3.78. The summed E-state index contributed by atoms with van der Waals surface area (Å²) < 4.78 is 37.2. The number of ketones is 1. The van der Waals surface area contributed by atoms with E-state index in [-0.39, 0.29) is 4.88 Å². The lowest BCUT2D eigenvalue weighted by Gasteiger charge is -2.08. The van der Waals surface area contributed by atoms with Crippen LogP contribution in [0.15, 0.2) is 36.5 Å². The maximum atomic E-state index is 12.4. The summed E-state index contributed by atoms with van der Waals surface area (Å²) in [5, 5.41) is -1.05. The number of nitrogens with zero attached hydrogens (tertiary/aromatic N) is 1. The molecule has 3 nitrogen and oxygen atoms in total. The van der Waals surface area contributed by atoms with Crippen molar-refractivity contribution in [3.05, 3.63) is 52.0 Å². The first kappa shape index (κ1) is 13.7. The van der Waals surface area contributed by atoms with Gasteiger partial charge in [-0.1, -0.05) is 30.3 Å². The molecule has 1 unspecified atom stereocenters. The van der Waals surface area contributed by atoms with Crippen molar-refractivity contribution in [1.29, 1.82) is 0 Å². The van der Waals surface area contributed by atoms with Gasteiger partial charge in [-0.05, 0) is 5.56 Å². The average molecular weight is 286 g/mol. The molecule has 0 aliphatic heterocycles. The molecular formula is C12H9F3N2OS. The Morgan fingerprint density at radius 2 is 1.89 bits per heavy atom. The van der Waals surface area contributed by atoms with E-state index >= 15 is 0 Å². The summed E-state index contributed by atoms with van der Waals surface area (Å²) in [6.45, 7) is 0. The van der Waals surface area contributed by atoms with Crippen molar-refractivity contribution in [1.82, 2.24) is 4.98 Å². The number of rotatable bonds is 3. The molecule has 0 radical (unpaired) electrons. The quantitative estimate of drug-likeness (QED) is 0.882. The van der Waals surface area contributed by atoms with Crippen molar-refractivity contribution in [2.45, 2.75) is 12.2 Å². The maximum Gasteiger partial charge on any atom is 0.443 e. The molecule has 0 spiro atoms. The number of nitrogens with two attached hydrogens (primary N) is 1. The molecule has 0 fully saturated rings. The monoisotopic (exact) mass is 286 g/mol. The number of halogens is 3. The van der Waals surface area contributed by atoms with E-state index in [1.807, 2.05) is 0 Å². The summed E-state index contributed by atoms with van der Waals surface area (Å²) >= 11 is 0.305. The van der Waals surface area contributed by atoms with Crippen molar-refractivity contribution in [3.63, 3.8) is 0 Å². The molecule has 1 heterocycles. The van der Waals surface area contributed by atoms with Crippen LogP contribution in [0.4, 0.5) is 13.2 Å². The summed E-state index contributed by atoms with van der Waals surface area (Å²) in [7, 11) is 0. The summed E-state index contributed by atoms with van der Waals surface area (Å²) in [6.07, 6.45) is -3.63. The zero-order valence-electron chi connectivity index (χ0n) is 9.52. The van der Waals surface area contributed by atoms with Crippen molar-refractivity contribution in [2.24, 2.45) is 5.73 Å². The number of thiazole rings is 1. The van der Waals surface area contributed by atoms with Gasteiger partial charge < -0.3 is 5.73 Å². The van der Waals surface area contributed by atoms with Crippen LogP contribution in [0.1, 0.15) is 26.3 Å². The number of aromatic nitrogens is 1. The molecule has 0 aliphatic carbocycles. The summed E-state index contributed by atoms with van der Waals surface area (Å²) in [5.41, 5.74) is 6.29. The van der Waals surface area contributed by atoms with Crippen molar-refractivity contribution in [2.75, 3.05) is 0 Å². The van der Waals surface area contributed by atoms with Gasteiger partial charge in [0, 0.05) is 6.20 Å². The summed E-state index contributed by atoms with van der Waals surface area (Å²) in [5.74, 6) is -0.570. The van der Waals surface area contributed by atoms with E-state index in [1.165, 1.54) is 0 Å². The molecular weight excluding hydrogens is 277 g/mol. The van der Waals surface area contributed by atoms with E-state index in [4.69, 9.17) is 5.73 Å². The number of alkyl halides is 3. The normalized spacial score (nSPS) is 13.3. The average Bonchev–Trinajstić information content (AvgIpc) is 2.87. The Bertz CT molecular complexity index is 580. The number of hydrogen-bond acceptors (Lipinski definition) is 4. The molecule has 19 heavy (non-hydrogen) atoms. The van der Waals surface area contributed by atoms with E-state index in [2.05, 4.69) is 4.98 Å². The van der Waals surface area contributed by atoms with E-state index in [9.17, 15) is 18.0 Å². The molecule has 2 aromatic rings. The number of carbonyl (C=O) groups is 1. The van der Waals surface area contributed by atoms with Crippen LogP contribution in [-0.2, 0) is 6.18 Å². The lowest BCUT2D eigenvalue weighted by atomic mass is 10.0. The fourth-order valence-corrected chi connectivity index (χ4v) is 2.25. The Morgan fingerprint density at radius 1 is 1.26 bits per heavy atom. The molecule has 0 aliphatic rings. The van der Waals surface area contributed by atoms with Gasteiger partial charge in [-0.25, -0.2) is 4.98 Å². The van der Waals surface area contributed by atoms with Gasteiger partial charge in [-0.2, -0.15) is 13.2 Å². The van der Waals surface area contributed by atoms with Gasteiger partial charge in [0.15, 0.2) is 10.8 Å². The van der Waals surface area contributed by atoms with Crippen LogP contribution in [-0.4, -0.2) is 10.8 Å². The highest BCUT2D eigenvalue weighted by atomic mass is 32.1. The third kappa shape index (κ3) is 2.99. The first-order valence-electron chi connectivity index (χ1n) is 5.27. The van der Waals surface area contributed by atoms with E-state index in [1.54, 1.807) is 30.3 Å². The predicted molar refractivity (Wildman–Crippen MR) is 64.8 cm³/mol. The molecule has 1 aromatic carbocycles. The van der Waals surface area contributed by atoms with Crippen LogP contribution in [0, 0.1) is 0 Å². The van der Waals surface area contributed by atoms with Crippen LogP contribution in [0.2, 0.25) is 0 Å². The smallest absolute Gasteiger partial charge is 0.317 e. The Labute approximate surface area is 110 Å². The molecule has 0 bridgehead atoms. The molecule has 0 saturated heterocycles. The zero-order chi connectivity index (χ0) is 14.0. The zero-order valence-corrected chi connectivity index (χ0v) is 10.3. The summed E-state index contributed by atoms with van der Waals surface area (Å²) in [6, 6.07) is 7.48. The molecule has 1 atom stereocenters. The molecule has 1 aromatic heterocycles. The van der Waals surface area contributed by atoms with Gasteiger partial charge in [0.2, 0.25) is 0 Å². The van der Waals surface area contributed by atoms with Gasteiger partial charge in [0.1, 0.15) is 0 Å². The molecule has 2 rings (SSSR count). The van der Waals surface area contributed by atoms with E-state index < -0.39 is 23.0 Å². The number of Topliss-reactive ketones (excluding diaryl/α,β-unsaturated/α-hetero) is 1. The number of hydrogen-bond donors (Lipinski definition) is 1. The topological polar surface area (TPSA) is 56.0 Å². The third-order valence-electron chi connectivity index (χ3n) is 2.43. The molecule has 100 valence electrons. The van der Waals surface area contributed by atoms with Crippen LogP contribution >= 0.6 is 11.3 Å². The van der Waals surface area contributed by atoms with Crippen LogP contribution in [0.3, 0.4) is 0 Å². The van der Waals surface area contributed by atoms with E-state index in [0.717, 1.165) is 6.20 Å². The Balaban J connectivity index is 2.23. The molecule has 7 heteroatoms. The minimum Gasteiger partial charge on any atom is -0.317 e. The number of benzene rings is 1. The van der Waals surface area contributed by atoms with Gasteiger partial charge in [-0.15, -0.1) is 11.3 Å². The second-order valence-corrected chi connectivity index (χ2v) is 4.81. The minimum absolute atomic E-state index is 0.0938. The minimum atomic E-state index is -4.54. The maximum absolute atomic E-state index is 12.4. The van der Waals surface area contributed by atoms with Crippen molar-refractivity contribution < 1.29 is 18.0 Å². The fourth-order valence-electron chi connectivity index (χ4n) is 1.48. The predicted octanol–water partition coefficient (Wildman–Crippen LogP) is 3.04. The van der Waals surface area contributed by atoms with Gasteiger partial charge in [-0.3, -0.25) is 4.79 Å². The standard InChI is InChI=1S/C12H9F3N2OS/c13-12(14,15)11-17-6-8(19-11)10(18)9(16)7-4-2-1-3-5-7/h1-6,9H,16H2. The molecule has 0 amide bonds. The SMILES string of the molecule is NC(C(=O)c1cnc(C(F)(F)F)s1)c1ccccc1. The fraction of sp³-hybridized carbons (Fsp3) is 0.167. The van der Waals surface area contributed by atoms with Crippen molar-refractivity contribution >= 4 is 17.1 Å². The summed E-state index contributed by atoms with van der Waals surface area (Å²) in [4.78, 5) is 15.1. The van der Waals surface area contributed by atoms with E-state index in [0.29, 0.717) is 16.9 Å². The molecule has 2 N–H and O–H groups in total. The lowest BCUT2D eigenvalue weighted by molar-refractivity contribution is -0.137. The van der Waals surface area contributed by atoms with Crippen LogP contribution in [0.25, 0.3) is 0 Å². The molecule has 0 saturated carbocycles. The highest BCUT2D eigenvalue weighted by Gasteiger charge is 2.35.